The van der Waals surface area contributed by atoms with Crippen LogP contribution < -0.4 is 15.4 Å². The van der Waals surface area contributed by atoms with Gasteiger partial charge in [-0.25, -0.2) is 9.59 Å². The Hall–Kier alpha value is -4.40. The topological polar surface area (TPSA) is 110 Å². The number of anilines is 1. The van der Waals surface area contributed by atoms with Crippen molar-refractivity contribution in [2.24, 2.45) is 0 Å². The van der Waals surface area contributed by atoms with Crippen molar-refractivity contribution in [1.29, 1.82) is 0 Å². The molecule has 1 aromatic heterocycles. The van der Waals surface area contributed by atoms with Gasteiger partial charge in [0.2, 0.25) is 0 Å². The van der Waals surface area contributed by atoms with E-state index in [0.29, 0.717) is 42.3 Å². The van der Waals surface area contributed by atoms with Crippen molar-refractivity contribution in [3.05, 3.63) is 83.2 Å². The quantitative estimate of drug-likeness (QED) is 0.523. The van der Waals surface area contributed by atoms with E-state index in [1.165, 1.54) is 6.20 Å². The van der Waals surface area contributed by atoms with Gasteiger partial charge in [-0.2, -0.15) is 0 Å². The van der Waals surface area contributed by atoms with Gasteiger partial charge in [0.15, 0.2) is 0 Å². The first-order valence-corrected chi connectivity index (χ1v) is 11.3. The first-order chi connectivity index (χ1) is 17.0. The number of aromatic nitrogens is 1. The van der Waals surface area contributed by atoms with Gasteiger partial charge < -0.3 is 25.0 Å². The van der Waals surface area contributed by atoms with Crippen LogP contribution in [0.1, 0.15) is 38.9 Å². The number of carbonyl (C=O) groups excluding carboxylic acids is 3. The number of esters is 1. The van der Waals surface area contributed by atoms with E-state index in [1.807, 2.05) is 18.2 Å². The van der Waals surface area contributed by atoms with Gasteiger partial charge in [-0.15, -0.1) is 0 Å². The van der Waals surface area contributed by atoms with Crippen LogP contribution in [0.15, 0.2) is 60.8 Å². The molecule has 4 rings (SSSR count). The zero-order chi connectivity index (χ0) is 24.8. The lowest BCUT2D eigenvalue weighted by atomic mass is 9.99. The third-order valence-corrected chi connectivity index (χ3v) is 5.57. The van der Waals surface area contributed by atoms with Gasteiger partial charge in [-0.05, 0) is 54.8 Å². The number of ether oxygens (including phenoxy) is 2. The molecule has 2 heterocycles. The van der Waals surface area contributed by atoms with Crippen molar-refractivity contribution >= 4 is 23.6 Å². The highest BCUT2D eigenvalue weighted by Gasteiger charge is 2.23. The summed E-state index contributed by atoms with van der Waals surface area (Å²) in [4.78, 5) is 42.8. The zero-order valence-corrected chi connectivity index (χ0v) is 19.5. The summed E-state index contributed by atoms with van der Waals surface area (Å²) in [6, 6.07) is 15.5. The van der Waals surface area contributed by atoms with Gasteiger partial charge >= 0.3 is 12.0 Å². The molecule has 9 heteroatoms. The number of hydrogen-bond donors (Lipinski definition) is 2. The summed E-state index contributed by atoms with van der Waals surface area (Å²) in [5.41, 5.74) is 3.07. The molecule has 0 saturated heterocycles. The molecular weight excluding hydrogens is 448 g/mol. The molecule has 2 N–H and O–H groups in total. The van der Waals surface area contributed by atoms with Crippen molar-refractivity contribution < 1.29 is 23.9 Å². The first-order valence-electron chi connectivity index (χ1n) is 11.3. The number of carbonyl (C=O) groups is 3. The van der Waals surface area contributed by atoms with E-state index in [4.69, 9.17) is 9.47 Å². The molecule has 0 unspecified atom stereocenters. The van der Waals surface area contributed by atoms with Crippen LogP contribution in [0.4, 0.5) is 10.5 Å². The van der Waals surface area contributed by atoms with E-state index in [2.05, 4.69) is 15.6 Å². The molecule has 0 bridgehead atoms. The van der Waals surface area contributed by atoms with Crippen molar-refractivity contribution in [3.63, 3.8) is 0 Å². The molecule has 0 saturated carbocycles. The number of hydrogen-bond acceptors (Lipinski definition) is 6. The molecule has 9 nitrogen and oxygen atoms in total. The fourth-order valence-corrected chi connectivity index (χ4v) is 3.81. The highest BCUT2D eigenvalue weighted by molar-refractivity contribution is 6.00. The Morgan fingerprint density at radius 1 is 1.03 bits per heavy atom. The molecule has 2 aromatic carbocycles. The minimum absolute atomic E-state index is 0.251. The molecule has 3 aromatic rings. The van der Waals surface area contributed by atoms with Crippen molar-refractivity contribution in [2.75, 3.05) is 25.5 Å². The number of fused-ring (bicyclic) bond motifs is 1. The number of rotatable bonds is 6. The van der Waals surface area contributed by atoms with Gasteiger partial charge in [0.1, 0.15) is 17.2 Å². The van der Waals surface area contributed by atoms with Crippen LogP contribution in [0.25, 0.3) is 0 Å². The molecule has 180 valence electrons. The lowest BCUT2D eigenvalue weighted by Gasteiger charge is -2.29. The summed E-state index contributed by atoms with van der Waals surface area (Å²) in [7, 11) is 1.54. The predicted molar refractivity (Wildman–Crippen MR) is 130 cm³/mol. The summed E-state index contributed by atoms with van der Waals surface area (Å²) in [6.45, 7) is 2.92. The smallest absolute Gasteiger partial charge is 0.340 e. The summed E-state index contributed by atoms with van der Waals surface area (Å²) < 4.78 is 11.0. The number of urea groups is 1. The van der Waals surface area contributed by atoms with Gasteiger partial charge in [0, 0.05) is 32.4 Å². The Bertz CT molecular complexity index is 1260. The maximum Gasteiger partial charge on any atom is 0.340 e. The minimum Gasteiger partial charge on any atom is -0.462 e. The molecule has 0 spiro atoms. The van der Waals surface area contributed by atoms with E-state index in [-0.39, 0.29) is 24.2 Å². The average molecular weight is 475 g/mol. The fourth-order valence-electron chi connectivity index (χ4n) is 3.81. The Morgan fingerprint density at radius 3 is 2.63 bits per heavy atom. The van der Waals surface area contributed by atoms with Crippen molar-refractivity contribution in [3.8, 4) is 11.5 Å². The van der Waals surface area contributed by atoms with E-state index in [9.17, 15) is 14.4 Å². The summed E-state index contributed by atoms with van der Waals surface area (Å²) in [5, 5.41) is 5.37. The molecule has 35 heavy (non-hydrogen) atoms. The van der Waals surface area contributed by atoms with Crippen LogP contribution in [0.3, 0.4) is 0 Å². The Labute approximate surface area is 203 Å². The Morgan fingerprint density at radius 2 is 1.83 bits per heavy atom. The second kappa shape index (κ2) is 10.7. The number of benzene rings is 2. The van der Waals surface area contributed by atoms with Crippen LogP contribution in [0.5, 0.6) is 11.5 Å². The maximum atomic E-state index is 13.0. The molecule has 0 fully saturated rings. The molecular formula is C26H26N4O5. The van der Waals surface area contributed by atoms with E-state index in [1.54, 1.807) is 55.3 Å². The van der Waals surface area contributed by atoms with Crippen LogP contribution >= 0.6 is 0 Å². The van der Waals surface area contributed by atoms with E-state index < -0.39 is 5.97 Å². The SMILES string of the molecule is CCOC(=O)c1ccccc1NC(=O)N1CCc2ccc(Oc3ccnc(C(=O)NC)c3)cc2C1. The summed E-state index contributed by atoms with van der Waals surface area (Å²) in [6.07, 6.45) is 2.21. The molecule has 1 aliphatic heterocycles. The van der Waals surface area contributed by atoms with Gasteiger partial charge in [-0.3, -0.25) is 9.78 Å². The largest absolute Gasteiger partial charge is 0.462 e. The fraction of sp³-hybridized carbons (Fsp3) is 0.231. The average Bonchev–Trinajstić information content (AvgIpc) is 2.88. The van der Waals surface area contributed by atoms with Crippen LogP contribution in [0, 0.1) is 0 Å². The summed E-state index contributed by atoms with van der Waals surface area (Å²) in [5.74, 6) is 0.296. The Kier molecular flexibility index (Phi) is 7.25. The molecule has 1 aliphatic rings. The second-order valence-electron chi connectivity index (χ2n) is 7.86. The Balaban J connectivity index is 1.47. The van der Waals surface area contributed by atoms with Crippen molar-refractivity contribution in [1.82, 2.24) is 15.2 Å². The zero-order valence-electron chi connectivity index (χ0n) is 19.5. The standard InChI is InChI=1S/C26H26N4O5/c1-3-34-25(32)21-6-4-5-7-22(21)29-26(33)30-13-11-17-8-9-19(14-18(17)16-30)35-20-10-12-28-23(15-20)24(31)27-2/h4-10,12,14-15H,3,11,13,16H2,1-2H3,(H,27,31)(H,29,33). The summed E-state index contributed by atoms with van der Waals surface area (Å²) >= 11 is 0. The van der Waals surface area contributed by atoms with Crippen LogP contribution in [-0.4, -0.2) is 48.0 Å². The van der Waals surface area contributed by atoms with Gasteiger partial charge in [0.25, 0.3) is 5.91 Å². The maximum absolute atomic E-state index is 13.0. The van der Waals surface area contributed by atoms with E-state index in [0.717, 1.165) is 11.1 Å². The number of amides is 3. The molecule has 3 amide bonds. The molecule has 0 atom stereocenters. The van der Waals surface area contributed by atoms with Gasteiger partial charge in [0.05, 0.1) is 17.9 Å². The number of nitrogens with zero attached hydrogens (tertiary/aromatic N) is 2. The van der Waals surface area contributed by atoms with Gasteiger partial charge in [-0.1, -0.05) is 18.2 Å². The minimum atomic E-state index is -0.482. The number of para-hydroxylation sites is 1. The van der Waals surface area contributed by atoms with Crippen LogP contribution in [0.2, 0.25) is 0 Å². The van der Waals surface area contributed by atoms with Crippen LogP contribution in [-0.2, 0) is 17.7 Å². The lowest BCUT2D eigenvalue weighted by Crippen LogP contribution is -2.39. The number of nitrogens with one attached hydrogen (secondary N) is 2. The monoisotopic (exact) mass is 474 g/mol. The van der Waals surface area contributed by atoms with E-state index >= 15 is 0 Å². The third kappa shape index (κ3) is 5.57. The highest BCUT2D eigenvalue weighted by atomic mass is 16.5. The lowest BCUT2D eigenvalue weighted by molar-refractivity contribution is 0.0527. The second-order valence-corrected chi connectivity index (χ2v) is 7.86. The highest BCUT2D eigenvalue weighted by Crippen LogP contribution is 2.28. The third-order valence-electron chi connectivity index (χ3n) is 5.57. The normalized spacial score (nSPS) is 12.3. The molecule has 0 radical (unpaired) electrons. The van der Waals surface area contributed by atoms with Crippen molar-refractivity contribution in [2.45, 2.75) is 19.9 Å². The first kappa shape index (κ1) is 23.7. The number of pyridine rings is 1. The molecule has 0 aliphatic carbocycles. The predicted octanol–water partition coefficient (Wildman–Crippen LogP) is 4.00.